The minimum atomic E-state index is -0.737. The first-order valence-corrected chi connectivity index (χ1v) is 6.05. The van der Waals surface area contributed by atoms with Crippen molar-refractivity contribution in [3.8, 4) is 0 Å². The summed E-state index contributed by atoms with van der Waals surface area (Å²) in [6, 6.07) is 3.24. The highest BCUT2D eigenvalue weighted by Crippen LogP contribution is 2.11. The summed E-state index contributed by atoms with van der Waals surface area (Å²) in [5.74, 6) is -1.90. The fraction of sp³-hybridized carbons (Fsp3) is 0.462. The molecule has 1 fully saturated rings. The molecule has 1 amide bonds. The molecule has 0 aliphatic carbocycles. The molecule has 2 N–H and O–H groups in total. The van der Waals surface area contributed by atoms with Gasteiger partial charge in [-0.2, -0.15) is 0 Å². The normalized spacial score (nSPS) is 22.5. The van der Waals surface area contributed by atoms with Crippen molar-refractivity contribution in [2.45, 2.75) is 31.8 Å². The van der Waals surface area contributed by atoms with Crippen LogP contribution >= 0.6 is 12.4 Å². The Balaban J connectivity index is 0.00000180. The predicted octanol–water partition coefficient (Wildman–Crippen LogP) is 2.26. The van der Waals surface area contributed by atoms with Gasteiger partial charge in [0.25, 0.3) is 5.91 Å². The number of hydrogen-bond acceptors (Lipinski definition) is 2. The standard InChI is InChI=1S/C13H16F2N2O.ClH/c1-8-4-12(2-3-16-8)17-13(18)9-5-10(14)7-11(15)6-9;/h5-8,12,16H,2-4H2,1H3,(H,17,18);1H. The van der Waals surface area contributed by atoms with Crippen LogP contribution in [0.25, 0.3) is 0 Å². The molecule has 2 unspecified atom stereocenters. The molecule has 19 heavy (non-hydrogen) atoms. The summed E-state index contributed by atoms with van der Waals surface area (Å²) in [6.45, 7) is 2.88. The summed E-state index contributed by atoms with van der Waals surface area (Å²) < 4.78 is 26.0. The van der Waals surface area contributed by atoms with E-state index in [4.69, 9.17) is 0 Å². The Hall–Kier alpha value is -1.20. The molecule has 1 aromatic rings. The van der Waals surface area contributed by atoms with Crippen molar-refractivity contribution in [2.24, 2.45) is 0 Å². The maximum Gasteiger partial charge on any atom is 0.251 e. The summed E-state index contributed by atoms with van der Waals surface area (Å²) >= 11 is 0. The van der Waals surface area contributed by atoms with Crippen LogP contribution in [-0.2, 0) is 0 Å². The first-order chi connectivity index (χ1) is 8.54. The maximum atomic E-state index is 13.0. The van der Waals surface area contributed by atoms with E-state index < -0.39 is 17.5 Å². The van der Waals surface area contributed by atoms with E-state index in [1.165, 1.54) is 0 Å². The highest BCUT2D eigenvalue weighted by molar-refractivity contribution is 5.94. The van der Waals surface area contributed by atoms with Crippen LogP contribution in [0, 0.1) is 11.6 Å². The average molecular weight is 291 g/mol. The molecule has 1 heterocycles. The molecule has 6 heteroatoms. The average Bonchev–Trinajstić information content (AvgIpc) is 2.27. The van der Waals surface area contributed by atoms with Crippen molar-refractivity contribution in [3.05, 3.63) is 35.4 Å². The monoisotopic (exact) mass is 290 g/mol. The van der Waals surface area contributed by atoms with E-state index in [1.54, 1.807) is 0 Å². The van der Waals surface area contributed by atoms with Gasteiger partial charge in [0.1, 0.15) is 11.6 Å². The van der Waals surface area contributed by atoms with E-state index >= 15 is 0 Å². The van der Waals surface area contributed by atoms with Crippen LogP contribution in [0.3, 0.4) is 0 Å². The van der Waals surface area contributed by atoms with Crippen LogP contribution in [0.4, 0.5) is 8.78 Å². The minimum Gasteiger partial charge on any atom is -0.349 e. The summed E-state index contributed by atoms with van der Waals surface area (Å²) in [6.07, 6.45) is 1.65. The van der Waals surface area contributed by atoms with Crippen molar-refractivity contribution in [3.63, 3.8) is 0 Å². The second kappa shape index (κ2) is 6.82. The molecule has 0 spiro atoms. The van der Waals surface area contributed by atoms with Gasteiger partial charge < -0.3 is 10.6 Å². The molecule has 2 atom stereocenters. The summed E-state index contributed by atoms with van der Waals surface area (Å²) in [5, 5.41) is 6.08. The number of piperidine rings is 1. The topological polar surface area (TPSA) is 41.1 Å². The van der Waals surface area contributed by atoms with Crippen molar-refractivity contribution >= 4 is 18.3 Å². The Kier molecular flexibility index (Phi) is 5.69. The summed E-state index contributed by atoms with van der Waals surface area (Å²) in [4.78, 5) is 11.9. The molecule has 2 rings (SSSR count). The predicted molar refractivity (Wildman–Crippen MR) is 71.6 cm³/mol. The van der Waals surface area contributed by atoms with Crippen molar-refractivity contribution < 1.29 is 13.6 Å². The first kappa shape index (κ1) is 15.9. The lowest BCUT2D eigenvalue weighted by atomic mass is 10.0. The fourth-order valence-corrected chi connectivity index (χ4v) is 2.22. The zero-order chi connectivity index (χ0) is 13.1. The Morgan fingerprint density at radius 1 is 1.32 bits per heavy atom. The third-order valence-electron chi connectivity index (χ3n) is 3.08. The zero-order valence-corrected chi connectivity index (χ0v) is 11.4. The lowest BCUT2D eigenvalue weighted by Crippen LogP contribution is -2.46. The lowest BCUT2D eigenvalue weighted by molar-refractivity contribution is 0.0924. The van der Waals surface area contributed by atoms with E-state index in [9.17, 15) is 13.6 Å². The van der Waals surface area contributed by atoms with Gasteiger partial charge in [-0.25, -0.2) is 8.78 Å². The van der Waals surface area contributed by atoms with Crippen molar-refractivity contribution in [2.75, 3.05) is 6.54 Å². The van der Waals surface area contributed by atoms with Gasteiger partial charge in [0.15, 0.2) is 0 Å². The number of amides is 1. The first-order valence-electron chi connectivity index (χ1n) is 6.05. The van der Waals surface area contributed by atoms with E-state index in [0.717, 1.165) is 37.6 Å². The third kappa shape index (κ3) is 4.44. The molecule has 106 valence electrons. The molecular formula is C13H17ClF2N2O. The Morgan fingerprint density at radius 3 is 2.53 bits per heavy atom. The number of hydrogen-bond donors (Lipinski definition) is 2. The van der Waals surface area contributed by atoms with E-state index in [1.807, 2.05) is 6.92 Å². The van der Waals surface area contributed by atoms with Gasteiger partial charge in [-0.05, 0) is 38.4 Å². The Labute approximate surface area is 117 Å². The summed E-state index contributed by atoms with van der Waals surface area (Å²) in [7, 11) is 0. The van der Waals surface area contributed by atoms with Crippen molar-refractivity contribution in [1.29, 1.82) is 0 Å². The van der Waals surface area contributed by atoms with Crippen LogP contribution in [0.5, 0.6) is 0 Å². The van der Waals surface area contributed by atoms with Crippen LogP contribution in [-0.4, -0.2) is 24.5 Å². The number of nitrogens with one attached hydrogen (secondary N) is 2. The Bertz CT molecular complexity index is 436. The zero-order valence-electron chi connectivity index (χ0n) is 10.6. The number of carbonyl (C=O) groups excluding carboxylic acids is 1. The van der Waals surface area contributed by atoms with Crippen LogP contribution in [0.15, 0.2) is 18.2 Å². The third-order valence-corrected chi connectivity index (χ3v) is 3.08. The summed E-state index contributed by atoms with van der Waals surface area (Å²) in [5.41, 5.74) is 0.0266. The van der Waals surface area contributed by atoms with Crippen LogP contribution in [0.1, 0.15) is 30.1 Å². The lowest BCUT2D eigenvalue weighted by Gasteiger charge is -2.28. The molecule has 0 saturated carbocycles. The van der Waals surface area contributed by atoms with E-state index in [-0.39, 0.29) is 24.0 Å². The van der Waals surface area contributed by atoms with Crippen LogP contribution < -0.4 is 10.6 Å². The largest absolute Gasteiger partial charge is 0.349 e. The van der Waals surface area contributed by atoms with Gasteiger partial charge in [-0.1, -0.05) is 0 Å². The molecule has 0 aromatic heterocycles. The highest BCUT2D eigenvalue weighted by atomic mass is 35.5. The van der Waals surface area contributed by atoms with Gasteiger partial charge in [0, 0.05) is 23.7 Å². The van der Waals surface area contributed by atoms with Gasteiger partial charge in [-0.15, -0.1) is 12.4 Å². The number of halogens is 3. The number of carbonyl (C=O) groups is 1. The second-order valence-electron chi connectivity index (χ2n) is 4.71. The maximum absolute atomic E-state index is 13.0. The smallest absolute Gasteiger partial charge is 0.251 e. The molecule has 1 aromatic carbocycles. The molecule has 0 radical (unpaired) electrons. The molecule has 3 nitrogen and oxygen atoms in total. The van der Waals surface area contributed by atoms with Gasteiger partial charge in [0.2, 0.25) is 0 Å². The Morgan fingerprint density at radius 2 is 1.95 bits per heavy atom. The van der Waals surface area contributed by atoms with Gasteiger partial charge in [0.05, 0.1) is 0 Å². The SMILES string of the molecule is CC1CC(NC(=O)c2cc(F)cc(F)c2)CCN1.Cl. The van der Waals surface area contributed by atoms with Crippen LogP contribution in [0.2, 0.25) is 0 Å². The number of benzene rings is 1. The molecule has 1 aliphatic rings. The fourth-order valence-electron chi connectivity index (χ4n) is 2.22. The molecule has 0 bridgehead atoms. The van der Waals surface area contributed by atoms with E-state index in [0.29, 0.717) is 6.04 Å². The molecule has 1 saturated heterocycles. The van der Waals surface area contributed by atoms with Gasteiger partial charge >= 0.3 is 0 Å². The van der Waals surface area contributed by atoms with E-state index in [2.05, 4.69) is 10.6 Å². The highest BCUT2D eigenvalue weighted by Gasteiger charge is 2.20. The quantitative estimate of drug-likeness (QED) is 0.877. The van der Waals surface area contributed by atoms with Crippen molar-refractivity contribution in [1.82, 2.24) is 10.6 Å². The second-order valence-corrected chi connectivity index (χ2v) is 4.71. The molecule has 1 aliphatic heterocycles. The van der Waals surface area contributed by atoms with Gasteiger partial charge in [-0.3, -0.25) is 4.79 Å². The minimum absolute atomic E-state index is 0. The number of rotatable bonds is 2. The molecular weight excluding hydrogens is 274 g/mol.